The highest BCUT2D eigenvalue weighted by Gasteiger charge is 2.05. The summed E-state index contributed by atoms with van der Waals surface area (Å²) in [6, 6.07) is 8.21. The lowest BCUT2D eigenvalue weighted by atomic mass is 10.0. The third-order valence-electron chi connectivity index (χ3n) is 4.29. The molecule has 0 radical (unpaired) electrons. The first-order valence-corrected chi connectivity index (χ1v) is 9.87. The minimum absolute atomic E-state index is 0.659. The van der Waals surface area contributed by atoms with Crippen molar-refractivity contribution in [2.45, 2.75) is 46.0 Å². The van der Waals surface area contributed by atoms with Crippen LogP contribution in [0.5, 0.6) is 0 Å². The Balaban J connectivity index is 2.12. The van der Waals surface area contributed by atoms with Gasteiger partial charge in [0.25, 0.3) is 0 Å². The van der Waals surface area contributed by atoms with Crippen molar-refractivity contribution in [3.8, 4) is 0 Å². The monoisotopic (exact) mass is 365 g/mol. The molecule has 1 aromatic carbocycles. The van der Waals surface area contributed by atoms with Crippen molar-refractivity contribution >= 4 is 28.7 Å². The fourth-order valence-electron chi connectivity index (χ4n) is 2.54. The van der Waals surface area contributed by atoms with Crippen molar-refractivity contribution in [3.63, 3.8) is 0 Å². The molecule has 2 N–H and O–H groups in total. The molecule has 0 spiro atoms. The standard InChI is InChI=1S/C20H35N3OS/c1-5-7-9-17(6-2)16-24-15-8-14-21-20(25)22-18-10-12-19(13-11-18)23(3)4/h10-13,17H,5-9,14-16H2,1-4H3,(H2,21,22,25). The Kier molecular flexibility index (Phi) is 11.2. The van der Waals surface area contributed by atoms with E-state index < -0.39 is 0 Å². The molecule has 25 heavy (non-hydrogen) atoms. The van der Waals surface area contributed by atoms with Gasteiger partial charge in [0.1, 0.15) is 0 Å². The van der Waals surface area contributed by atoms with Gasteiger partial charge in [0.05, 0.1) is 0 Å². The van der Waals surface area contributed by atoms with Crippen LogP contribution in [0.2, 0.25) is 0 Å². The first-order valence-electron chi connectivity index (χ1n) is 9.46. The third-order valence-corrected chi connectivity index (χ3v) is 4.54. The second-order valence-corrected chi connectivity index (χ2v) is 7.08. The summed E-state index contributed by atoms with van der Waals surface area (Å²) in [6.07, 6.45) is 6.03. The summed E-state index contributed by atoms with van der Waals surface area (Å²) in [5.74, 6) is 0.709. The maximum Gasteiger partial charge on any atom is 0.170 e. The molecule has 1 rings (SSSR count). The van der Waals surface area contributed by atoms with Crippen LogP contribution < -0.4 is 15.5 Å². The van der Waals surface area contributed by atoms with E-state index in [1.54, 1.807) is 0 Å². The van der Waals surface area contributed by atoms with Gasteiger partial charge in [-0.1, -0.05) is 33.1 Å². The highest BCUT2D eigenvalue weighted by Crippen LogP contribution is 2.15. The number of rotatable bonds is 12. The van der Waals surface area contributed by atoms with Gasteiger partial charge in [-0.2, -0.15) is 0 Å². The normalized spacial score (nSPS) is 11.8. The highest BCUT2D eigenvalue weighted by atomic mass is 32.1. The molecular weight excluding hydrogens is 330 g/mol. The molecule has 1 aromatic rings. The largest absolute Gasteiger partial charge is 0.381 e. The van der Waals surface area contributed by atoms with E-state index in [2.05, 4.69) is 41.5 Å². The van der Waals surface area contributed by atoms with E-state index in [0.29, 0.717) is 11.0 Å². The number of hydrogen-bond acceptors (Lipinski definition) is 3. The molecule has 0 aliphatic heterocycles. The summed E-state index contributed by atoms with van der Waals surface area (Å²) >= 11 is 5.33. The molecule has 142 valence electrons. The Hall–Kier alpha value is -1.33. The van der Waals surface area contributed by atoms with Crippen molar-refractivity contribution in [2.75, 3.05) is 44.1 Å². The molecule has 5 heteroatoms. The second-order valence-electron chi connectivity index (χ2n) is 6.67. The summed E-state index contributed by atoms with van der Waals surface area (Å²) in [4.78, 5) is 2.08. The lowest BCUT2D eigenvalue weighted by molar-refractivity contribution is 0.0928. The fraction of sp³-hybridized carbons (Fsp3) is 0.650. The van der Waals surface area contributed by atoms with Crippen LogP contribution in [0.15, 0.2) is 24.3 Å². The van der Waals surface area contributed by atoms with Crippen LogP contribution in [-0.4, -0.2) is 39.0 Å². The van der Waals surface area contributed by atoms with Crippen LogP contribution in [0.3, 0.4) is 0 Å². The zero-order valence-corrected chi connectivity index (χ0v) is 17.1. The molecule has 1 unspecified atom stereocenters. The van der Waals surface area contributed by atoms with Crippen molar-refractivity contribution in [1.82, 2.24) is 5.32 Å². The van der Waals surface area contributed by atoms with E-state index in [1.165, 1.54) is 31.4 Å². The van der Waals surface area contributed by atoms with E-state index in [1.807, 2.05) is 26.2 Å². The van der Waals surface area contributed by atoms with Gasteiger partial charge in [0.15, 0.2) is 5.11 Å². The Morgan fingerprint density at radius 2 is 1.88 bits per heavy atom. The van der Waals surface area contributed by atoms with E-state index in [4.69, 9.17) is 17.0 Å². The second kappa shape index (κ2) is 13.0. The van der Waals surface area contributed by atoms with Crippen molar-refractivity contribution in [2.24, 2.45) is 5.92 Å². The van der Waals surface area contributed by atoms with E-state index in [9.17, 15) is 0 Å². The number of nitrogens with one attached hydrogen (secondary N) is 2. The van der Waals surface area contributed by atoms with Crippen molar-refractivity contribution in [3.05, 3.63) is 24.3 Å². The third kappa shape index (κ3) is 9.66. The maximum atomic E-state index is 5.81. The average Bonchev–Trinajstić information content (AvgIpc) is 2.61. The quantitative estimate of drug-likeness (QED) is 0.416. The van der Waals surface area contributed by atoms with Crippen molar-refractivity contribution < 1.29 is 4.74 Å². The number of ether oxygens (including phenoxy) is 1. The SMILES string of the molecule is CCCCC(CC)COCCCNC(=S)Nc1ccc(N(C)C)cc1. The molecule has 4 nitrogen and oxygen atoms in total. The maximum absolute atomic E-state index is 5.81. The highest BCUT2D eigenvalue weighted by molar-refractivity contribution is 7.80. The molecule has 0 aromatic heterocycles. The number of unbranched alkanes of at least 4 members (excludes halogenated alkanes) is 1. The lowest BCUT2D eigenvalue weighted by Gasteiger charge is -2.15. The van der Waals surface area contributed by atoms with Gasteiger partial charge in [-0.05, 0) is 55.2 Å². The summed E-state index contributed by atoms with van der Waals surface area (Å²) < 4.78 is 5.81. The number of benzene rings is 1. The Bertz CT molecular complexity index is 476. The van der Waals surface area contributed by atoms with Gasteiger partial charge in [-0.3, -0.25) is 0 Å². The van der Waals surface area contributed by atoms with Crippen LogP contribution >= 0.6 is 12.2 Å². The van der Waals surface area contributed by atoms with E-state index >= 15 is 0 Å². The summed E-state index contributed by atoms with van der Waals surface area (Å²) in [7, 11) is 4.06. The molecular formula is C20H35N3OS. The summed E-state index contributed by atoms with van der Waals surface area (Å²) in [5, 5.41) is 7.10. The van der Waals surface area contributed by atoms with Gasteiger partial charge in [0, 0.05) is 45.2 Å². The average molecular weight is 366 g/mol. The molecule has 1 atom stereocenters. The van der Waals surface area contributed by atoms with Crippen LogP contribution in [-0.2, 0) is 4.74 Å². The number of nitrogens with zero attached hydrogens (tertiary/aromatic N) is 1. The topological polar surface area (TPSA) is 36.5 Å². The number of anilines is 2. The van der Waals surface area contributed by atoms with E-state index in [-0.39, 0.29) is 0 Å². The first kappa shape index (κ1) is 21.7. The van der Waals surface area contributed by atoms with Crippen LogP contribution in [0, 0.1) is 5.92 Å². The molecule has 0 aliphatic rings. The van der Waals surface area contributed by atoms with Gasteiger partial charge >= 0.3 is 0 Å². The van der Waals surface area contributed by atoms with Crippen LogP contribution in [0.25, 0.3) is 0 Å². The van der Waals surface area contributed by atoms with Gasteiger partial charge < -0.3 is 20.3 Å². The lowest BCUT2D eigenvalue weighted by Crippen LogP contribution is -2.29. The summed E-state index contributed by atoms with van der Waals surface area (Å²) in [6.45, 7) is 6.99. The Morgan fingerprint density at radius 1 is 1.16 bits per heavy atom. The minimum Gasteiger partial charge on any atom is -0.381 e. The van der Waals surface area contributed by atoms with E-state index in [0.717, 1.165) is 31.9 Å². The zero-order chi connectivity index (χ0) is 18.5. The molecule has 0 fully saturated rings. The van der Waals surface area contributed by atoms with Crippen LogP contribution in [0.1, 0.15) is 46.0 Å². The number of hydrogen-bond donors (Lipinski definition) is 2. The van der Waals surface area contributed by atoms with Gasteiger partial charge in [0.2, 0.25) is 0 Å². The van der Waals surface area contributed by atoms with Gasteiger partial charge in [-0.25, -0.2) is 0 Å². The predicted molar refractivity (Wildman–Crippen MR) is 114 cm³/mol. The first-order chi connectivity index (χ1) is 12.1. The Labute approximate surface area is 159 Å². The number of thiocarbonyl (C=S) groups is 1. The molecule has 0 aliphatic carbocycles. The molecule has 0 amide bonds. The molecule has 0 saturated heterocycles. The van der Waals surface area contributed by atoms with Crippen LogP contribution in [0.4, 0.5) is 11.4 Å². The molecule has 0 saturated carbocycles. The fourth-order valence-corrected chi connectivity index (χ4v) is 2.76. The molecule has 0 bridgehead atoms. The summed E-state index contributed by atoms with van der Waals surface area (Å²) in [5.41, 5.74) is 2.17. The van der Waals surface area contributed by atoms with Crippen molar-refractivity contribution in [1.29, 1.82) is 0 Å². The minimum atomic E-state index is 0.659. The predicted octanol–water partition coefficient (Wildman–Crippen LogP) is 4.66. The smallest absolute Gasteiger partial charge is 0.170 e. The Morgan fingerprint density at radius 3 is 2.48 bits per heavy atom. The molecule has 0 heterocycles. The zero-order valence-electron chi connectivity index (χ0n) is 16.3. The van der Waals surface area contributed by atoms with Gasteiger partial charge in [-0.15, -0.1) is 0 Å².